The van der Waals surface area contributed by atoms with Crippen LogP contribution in [0.3, 0.4) is 0 Å². The van der Waals surface area contributed by atoms with E-state index in [9.17, 15) is 18.8 Å². The highest BCUT2D eigenvalue weighted by Gasteiger charge is 2.16. The fourth-order valence-corrected chi connectivity index (χ4v) is 2.74. The van der Waals surface area contributed by atoms with Gasteiger partial charge in [-0.2, -0.15) is 0 Å². The van der Waals surface area contributed by atoms with Crippen LogP contribution in [0.1, 0.15) is 44.0 Å². The zero-order valence-electron chi connectivity index (χ0n) is 16.3. The molecule has 0 bridgehead atoms. The summed E-state index contributed by atoms with van der Waals surface area (Å²) in [6, 6.07) is 3.22. The van der Waals surface area contributed by atoms with Crippen LogP contribution in [-0.2, 0) is 9.53 Å². The van der Waals surface area contributed by atoms with Gasteiger partial charge in [0.2, 0.25) is 5.91 Å². The van der Waals surface area contributed by atoms with E-state index >= 15 is 0 Å². The van der Waals surface area contributed by atoms with Crippen molar-refractivity contribution in [3.8, 4) is 0 Å². The SMILES string of the molecule is CCOC(=O)NC(CNC(=O)CCNC(=O)c1ccc(F)cc1Cl)CC(C)C. The summed E-state index contributed by atoms with van der Waals surface area (Å²) < 4.78 is 17.9. The second kappa shape index (κ2) is 12.2. The van der Waals surface area contributed by atoms with Gasteiger partial charge in [0.25, 0.3) is 5.91 Å². The van der Waals surface area contributed by atoms with Gasteiger partial charge in [-0.05, 0) is 37.5 Å². The number of rotatable bonds is 10. The van der Waals surface area contributed by atoms with Crippen LogP contribution in [0.2, 0.25) is 5.02 Å². The standard InChI is InChI=1S/C19H27ClFN3O4/c1-4-28-19(27)24-14(9-12(2)3)11-23-17(25)7-8-22-18(26)15-6-5-13(21)10-16(15)20/h5-6,10,12,14H,4,7-9,11H2,1-3H3,(H,22,26)(H,23,25)(H,24,27). The summed E-state index contributed by atoms with van der Waals surface area (Å²) >= 11 is 5.83. The molecule has 0 aliphatic heterocycles. The molecule has 0 fully saturated rings. The second-order valence-electron chi connectivity index (χ2n) is 6.63. The number of amides is 3. The molecule has 0 radical (unpaired) electrons. The Labute approximate surface area is 169 Å². The normalized spacial score (nSPS) is 11.6. The largest absolute Gasteiger partial charge is 0.450 e. The number of ether oxygens (including phenoxy) is 1. The van der Waals surface area contributed by atoms with Crippen LogP contribution in [0.4, 0.5) is 9.18 Å². The smallest absolute Gasteiger partial charge is 0.407 e. The van der Waals surface area contributed by atoms with Gasteiger partial charge in [0.1, 0.15) is 5.82 Å². The number of carbonyl (C=O) groups is 3. The van der Waals surface area contributed by atoms with E-state index in [4.69, 9.17) is 16.3 Å². The van der Waals surface area contributed by atoms with Crippen molar-refractivity contribution in [1.29, 1.82) is 0 Å². The average molecular weight is 416 g/mol. The highest BCUT2D eigenvalue weighted by atomic mass is 35.5. The van der Waals surface area contributed by atoms with Crippen LogP contribution in [0.15, 0.2) is 18.2 Å². The van der Waals surface area contributed by atoms with Crippen molar-refractivity contribution >= 4 is 29.5 Å². The average Bonchev–Trinajstić information content (AvgIpc) is 2.59. The van der Waals surface area contributed by atoms with Crippen molar-refractivity contribution in [3.63, 3.8) is 0 Å². The summed E-state index contributed by atoms with van der Waals surface area (Å²) in [6.45, 7) is 6.36. The van der Waals surface area contributed by atoms with Crippen molar-refractivity contribution in [2.75, 3.05) is 19.7 Å². The Kier molecular flexibility index (Phi) is 10.3. The highest BCUT2D eigenvalue weighted by molar-refractivity contribution is 6.33. The van der Waals surface area contributed by atoms with Gasteiger partial charge < -0.3 is 20.7 Å². The first-order valence-corrected chi connectivity index (χ1v) is 9.54. The third-order valence-corrected chi connectivity index (χ3v) is 4.03. The lowest BCUT2D eigenvalue weighted by Gasteiger charge is -2.20. The summed E-state index contributed by atoms with van der Waals surface area (Å²) in [4.78, 5) is 35.6. The van der Waals surface area contributed by atoms with Crippen LogP contribution < -0.4 is 16.0 Å². The zero-order valence-corrected chi connectivity index (χ0v) is 17.1. The molecular weight excluding hydrogens is 389 g/mol. The number of nitrogens with one attached hydrogen (secondary N) is 3. The lowest BCUT2D eigenvalue weighted by molar-refractivity contribution is -0.121. The Balaban J connectivity index is 2.41. The molecule has 0 spiro atoms. The van der Waals surface area contributed by atoms with Crippen molar-refractivity contribution in [2.24, 2.45) is 5.92 Å². The molecule has 0 saturated carbocycles. The van der Waals surface area contributed by atoms with Gasteiger partial charge in [0.05, 0.1) is 17.2 Å². The number of alkyl carbamates (subject to hydrolysis) is 1. The van der Waals surface area contributed by atoms with E-state index in [1.807, 2.05) is 13.8 Å². The fourth-order valence-electron chi connectivity index (χ4n) is 2.49. The molecule has 1 aromatic rings. The highest BCUT2D eigenvalue weighted by Crippen LogP contribution is 2.16. The Hall–Kier alpha value is -2.35. The molecule has 156 valence electrons. The third kappa shape index (κ3) is 9.03. The number of hydrogen-bond acceptors (Lipinski definition) is 4. The van der Waals surface area contributed by atoms with E-state index in [-0.39, 0.29) is 48.7 Å². The van der Waals surface area contributed by atoms with Crippen LogP contribution >= 0.6 is 11.6 Å². The van der Waals surface area contributed by atoms with Crippen LogP contribution in [-0.4, -0.2) is 43.6 Å². The predicted molar refractivity (Wildman–Crippen MR) is 105 cm³/mol. The van der Waals surface area contributed by atoms with Gasteiger partial charge in [-0.3, -0.25) is 9.59 Å². The molecule has 1 rings (SSSR count). The monoisotopic (exact) mass is 415 g/mol. The Bertz CT molecular complexity index is 685. The molecule has 1 unspecified atom stereocenters. The maximum atomic E-state index is 13.0. The number of hydrogen-bond donors (Lipinski definition) is 3. The van der Waals surface area contributed by atoms with Gasteiger partial charge >= 0.3 is 6.09 Å². The lowest BCUT2D eigenvalue weighted by atomic mass is 10.0. The summed E-state index contributed by atoms with van der Waals surface area (Å²) in [5.41, 5.74) is 0.138. The van der Waals surface area contributed by atoms with Gasteiger partial charge in [0, 0.05) is 25.6 Å². The molecule has 3 N–H and O–H groups in total. The first-order valence-electron chi connectivity index (χ1n) is 9.16. The van der Waals surface area contributed by atoms with Gasteiger partial charge in [-0.25, -0.2) is 9.18 Å². The Morgan fingerprint density at radius 1 is 1.21 bits per heavy atom. The summed E-state index contributed by atoms with van der Waals surface area (Å²) in [5.74, 6) is -0.971. The molecule has 0 aliphatic carbocycles. The predicted octanol–water partition coefficient (Wildman–Crippen LogP) is 2.88. The third-order valence-electron chi connectivity index (χ3n) is 3.71. The first-order chi connectivity index (χ1) is 13.2. The minimum absolute atomic E-state index is 0.00326. The Morgan fingerprint density at radius 2 is 1.93 bits per heavy atom. The van der Waals surface area contributed by atoms with Crippen molar-refractivity contribution in [2.45, 2.75) is 39.7 Å². The van der Waals surface area contributed by atoms with Crippen molar-refractivity contribution in [3.05, 3.63) is 34.6 Å². The van der Waals surface area contributed by atoms with E-state index in [2.05, 4.69) is 16.0 Å². The fraction of sp³-hybridized carbons (Fsp3) is 0.526. The zero-order chi connectivity index (χ0) is 21.1. The number of benzene rings is 1. The van der Waals surface area contributed by atoms with Crippen LogP contribution in [0.5, 0.6) is 0 Å². The van der Waals surface area contributed by atoms with Crippen molar-refractivity contribution in [1.82, 2.24) is 16.0 Å². The molecule has 9 heteroatoms. The van der Waals surface area contributed by atoms with Gasteiger partial charge in [-0.1, -0.05) is 25.4 Å². The minimum atomic E-state index is -0.534. The molecular formula is C19H27ClFN3O4. The van der Waals surface area contributed by atoms with Crippen LogP contribution in [0, 0.1) is 11.7 Å². The first kappa shape index (κ1) is 23.7. The summed E-state index contributed by atoms with van der Waals surface area (Å²) in [7, 11) is 0. The number of carbonyl (C=O) groups excluding carboxylic acids is 3. The van der Waals surface area contributed by atoms with Gasteiger partial charge in [0.15, 0.2) is 0 Å². The quantitative estimate of drug-likeness (QED) is 0.547. The molecule has 0 aliphatic rings. The van der Waals surface area contributed by atoms with E-state index in [0.717, 1.165) is 12.1 Å². The van der Waals surface area contributed by atoms with E-state index in [0.29, 0.717) is 12.3 Å². The van der Waals surface area contributed by atoms with E-state index in [1.165, 1.54) is 6.07 Å². The maximum absolute atomic E-state index is 13.0. The van der Waals surface area contributed by atoms with Crippen LogP contribution in [0.25, 0.3) is 0 Å². The molecule has 1 aromatic carbocycles. The molecule has 28 heavy (non-hydrogen) atoms. The summed E-state index contributed by atoms with van der Waals surface area (Å²) in [6.07, 6.45) is 0.211. The van der Waals surface area contributed by atoms with E-state index in [1.54, 1.807) is 6.92 Å². The molecule has 0 heterocycles. The second-order valence-corrected chi connectivity index (χ2v) is 7.03. The molecule has 0 saturated heterocycles. The van der Waals surface area contributed by atoms with E-state index < -0.39 is 17.8 Å². The van der Waals surface area contributed by atoms with Gasteiger partial charge in [-0.15, -0.1) is 0 Å². The number of halogens is 2. The maximum Gasteiger partial charge on any atom is 0.407 e. The minimum Gasteiger partial charge on any atom is -0.450 e. The lowest BCUT2D eigenvalue weighted by Crippen LogP contribution is -2.45. The molecule has 3 amide bonds. The molecule has 7 nitrogen and oxygen atoms in total. The molecule has 0 aromatic heterocycles. The van der Waals surface area contributed by atoms with Crippen molar-refractivity contribution < 1.29 is 23.5 Å². The Morgan fingerprint density at radius 3 is 2.54 bits per heavy atom. The topological polar surface area (TPSA) is 96.5 Å². The molecule has 1 atom stereocenters. The summed E-state index contributed by atoms with van der Waals surface area (Å²) in [5, 5.41) is 8.02.